The van der Waals surface area contributed by atoms with Crippen molar-refractivity contribution in [3.8, 4) is 16.3 Å². The quantitative estimate of drug-likeness (QED) is 0.568. The van der Waals surface area contributed by atoms with E-state index in [0.29, 0.717) is 38.2 Å². The molecule has 2 heterocycles. The minimum Gasteiger partial charge on any atom is -0.494 e. The molecule has 3 aromatic rings. The molecular weight excluding hydrogens is 365 g/mol. The SMILES string of the molecule is O=C(CCc1csc(-c2ccncc2)n1)NCCCOc1ccc(F)cc1. The van der Waals surface area contributed by atoms with Crippen LogP contribution in [0.3, 0.4) is 0 Å². The molecule has 1 N–H and O–H groups in total. The van der Waals surface area contributed by atoms with Crippen molar-refractivity contribution in [1.82, 2.24) is 15.3 Å². The van der Waals surface area contributed by atoms with Crippen molar-refractivity contribution in [2.75, 3.05) is 13.2 Å². The Morgan fingerprint density at radius 2 is 1.93 bits per heavy atom. The topological polar surface area (TPSA) is 64.1 Å². The van der Waals surface area contributed by atoms with Crippen LogP contribution in [0.4, 0.5) is 4.39 Å². The third kappa shape index (κ3) is 6.14. The number of nitrogens with one attached hydrogen (secondary N) is 1. The predicted octanol–water partition coefficient (Wildman–Crippen LogP) is 3.86. The first-order chi connectivity index (χ1) is 13.2. The van der Waals surface area contributed by atoms with E-state index in [-0.39, 0.29) is 11.7 Å². The molecule has 1 amide bonds. The maximum Gasteiger partial charge on any atom is 0.220 e. The first-order valence-electron chi connectivity index (χ1n) is 8.70. The molecular formula is C20H20FN3O2S. The Labute approximate surface area is 161 Å². The molecule has 0 aliphatic heterocycles. The number of halogens is 1. The molecule has 0 spiro atoms. The molecule has 0 aliphatic rings. The summed E-state index contributed by atoms with van der Waals surface area (Å²) in [6, 6.07) is 9.72. The summed E-state index contributed by atoms with van der Waals surface area (Å²) in [5.74, 6) is 0.328. The van der Waals surface area contributed by atoms with Crippen molar-refractivity contribution in [2.24, 2.45) is 0 Å². The number of hydrogen-bond donors (Lipinski definition) is 1. The zero-order valence-corrected chi connectivity index (χ0v) is 15.5. The molecule has 0 saturated heterocycles. The molecule has 1 aromatic carbocycles. The number of amides is 1. The number of pyridine rings is 1. The fourth-order valence-electron chi connectivity index (χ4n) is 2.40. The average Bonchev–Trinajstić information content (AvgIpc) is 3.17. The fraction of sp³-hybridized carbons (Fsp3) is 0.250. The molecule has 5 nitrogen and oxygen atoms in total. The van der Waals surface area contributed by atoms with Crippen LogP contribution < -0.4 is 10.1 Å². The van der Waals surface area contributed by atoms with Crippen LogP contribution in [0, 0.1) is 5.82 Å². The highest BCUT2D eigenvalue weighted by Gasteiger charge is 2.07. The lowest BCUT2D eigenvalue weighted by Crippen LogP contribution is -2.25. The van der Waals surface area contributed by atoms with Crippen molar-refractivity contribution in [3.05, 3.63) is 65.7 Å². The summed E-state index contributed by atoms with van der Waals surface area (Å²) < 4.78 is 18.3. The van der Waals surface area contributed by atoms with E-state index >= 15 is 0 Å². The molecule has 2 aromatic heterocycles. The Kier molecular flexibility index (Phi) is 6.87. The number of ether oxygens (including phenoxy) is 1. The van der Waals surface area contributed by atoms with E-state index in [0.717, 1.165) is 16.3 Å². The number of aryl methyl sites for hydroxylation is 1. The van der Waals surface area contributed by atoms with Gasteiger partial charge in [0.25, 0.3) is 0 Å². The number of rotatable bonds is 9. The highest BCUT2D eigenvalue weighted by Crippen LogP contribution is 2.23. The van der Waals surface area contributed by atoms with Gasteiger partial charge >= 0.3 is 0 Å². The van der Waals surface area contributed by atoms with Crippen molar-refractivity contribution >= 4 is 17.2 Å². The summed E-state index contributed by atoms with van der Waals surface area (Å²) in [5, 5.41) is 5.80. The second kappa shape index (κ2) is 9.78. The number of carbonyl (C=O) groups is 1. The van der Waals surface area contributed by atoms with E-state index in [4.69, 9.17) is 4.74 Å². The van der Waals surface area contributed by atoms with Crippen LogP contribution in [0.15, 0.2) is 54.2 Å². The van der Waals surface area contributed by atoms with E-state index in [2.05, 4.69) is 15.3 Å². The Hall–Kier alpha value is -2.80. The average molecular weight is 385 g/mol. The Morgan fingerprint density at radius 1 is 1.15 bits per heavy atom. The minimum atomic E-state index is -0.289. The van der Waals surface area contributed by atoms with E-state index in [1.165, 1.54) is 12.1 Å². The molecule has 3 rings (SSSR count). The Balaban J connectivity index is 1.32. The molecule has 0 radical (unpaired) electrons. The summed E-state index contributed by atoms with van der Waals surface area (Å²) in [6.45, 7) is 1.01. The molecule has 0 saturated carbocycles. The smallest absolute Gasteiger partial charge is 0.220 e. The third-order valence-corrected chi connectivity index (χ3v) is 4.75. The predicted molar refractivity (Wildman–Crippen MR) is 103 cm³/mol. The van der Waals surface area contributed by atoms with Gasteiger partial charge in [-0.1, -0.05) is 0 Å². The molecule has 0 aliphatic carbocycles. The van der Waals surface area contributed by atoms with E-state index < -0.39 is 0 Å². The summed E-state index contributed by atoms with van der Waals surface area (Å²) in [4.78, 5) is 20.5. The Bertz CT molecular complexity index is 853. The van der Waals surface area contributed by atoms with Crippen LogP contribution in [-0.4, -0.2) is 29.0 Å². The number of carbonyl (C=O) groups excluding carboxylic acids is 1. The van der Waals surface area contributed by atoms with Crippen molar-refractivity contribution in [2.45, 2.75) is 19.3 Å². The van der Waals surface area contributed by atoms with Crippen molar-refractivity contribution < 1.29 is 13.9 Å². The highest BCUT2D eigenvalue weighted by atomic mass is 32.1. The summed E-state index contributed by atoms with van der Waals surface area (Å²) in [5.41, 5.74) is 1.95. The number of benzene rings is 1. The standard InChI is InChI=1S/C20H20FN3O2S/c21-16-2-5-18(6-3-16)26-13-1-10-23-19(25)7-4-17-14-27-20(24-17)15-8-11-22-12-9-15/h2-3,5-6,8-9,11-12,14H,1,4,7,10,13H2,(H,23,25). The summed E-state index contributed by atoms with van der Waals surface area (Å²) in [6.07, 6.45) is 5.18. The maximum atomic E-state index is 12.8. The van der Waals surface area contributed by atoms with Crippen LogP contribution in [0.25, 0.3) is 10.6 Å². The minimum absolute atomic E-state index is 0.00440. The first kappa shape index (κ1) is 19.0. The van der Waals surface area contributed by atoms with Gasteiger partial charge in [0.2, 0.25) is 5.91 Å². The van der Waals surface area contributed by atoms with E-state index in [9.17, 15) is 9.18 Å². The van der Waals surface area contributed by atoms with Gasteiger partial charge in [-0.2, -0.15) is 0 Å². The van der Waals surface area contributed by atoms with Gasteiger partial charge in [-0.15, -0.1) is 11.3 Å². The molecule has 7 heteroatoms. The monoisotopic (exact) mass is 385 g/mol. The second-order valence-electron chi connectivity index (χ2n) is 5.89. The van der Waals surface area contributed by atoms with Crippen LogP contribution in [0.2, 0.25) is 0 Å². The van der Waals surface area contributed by atoms with Crippen LogP contribution in [-0.2, 0) is 11.2 Å². The number of thiazole rings is 1. The van der Waals surface area contributed by atoms with Gasteiger partial charge in [-0.25, -0.2) is 9.37 Å². The lowest BCUT2D eigenvalue weighted by atomic mass is 10.2. The van der Waals surface area contributed by atoms with Gasteiger partial charge in [-0.05, 0) is 49.2 Å². The molecule has 0 bridgehead atoms. The third-order valence-electron chi connectivity index (χ3n) is 3.81. The van der Waals surface area contributed by atoms with Gasteiger partial charge in [0.1, 0.15) is 16.6 Å². The molecule has 27 heavy (non-hydrogen) atoms. The van der Waals surface area contributed by atoms with E-state index in [1.807, 2.05) is 17.5 Å². The number of nitrogens with zero attached hydrogens (tertiary/aromatic N) is 2. The Morgan fingerprint density at radius 3 is 2.70 bits per heavy atom. The number of aromatic nitrogens is 2. The largest absolute Gasteiger partial charge is 0.494 e. The van der Waals surface area contributed by atoms with Crippen LogP contribution in [0.5, 0.6) is 5.75 Å². The summed E-state index contributed by atoms with van der Waals surface area (Å²) >= 11 is 1.57. The molecule has 0 atom stereocenters. The maximum absolute atomic E-state index is 12.8. The van der Waals surface area contributed by atoms with Gasteiger partial charge in [-0.3, -0.25) is 9.78 Å². The zero-order valence-electron chi connectivity index (χ0n) is 14.7. The van der Waals surface area contributed by atoms with Gasteiger partial charge in [0.15, 0.2) is 0 Å². The zero-order chi connectivity index (χ0) is 18.9. The molecule has 0 fully saturated rings. The normalized spacial score (nSPS) is 10.6. The van der Waals surface area contributed by atoms with Gasteiger partial charge in [0.05, 0.1) is 12.3 Å². The first-order valence-corrected chi connectivity index (χ1v) is 9.58. The lowest BCUT2D eigenvalue weighted by molar-refractivity contribution is -0.121. The summed E-state index contributed by atoms with van der Waals surface area (Å²) in [7, 11) is 0. The fourth-order valence-corrected chi connectivity index (χ4v) is 3.26. The second-order valence-corrected chi connectivity index (χ2v) is 6.74. The van der Waals surface area contributed by atoms with Crippen LogP contribution >= 0.6 is 11.3 Å². The van der Waals surface area contributed by atoms with Gasteiger partial charge in [0, 0.05) is 36.3 Å². The highest BCUT2D eigenvalue weighted by molar-refractivity contribution is 7.13. The molecule has 0 unspecified atom stereocenters. The van der Waals surface area contributed by atoms with Crippen molar-refractivity contribution in [1.29, 1.82) is 0 Å². The number of hydrogen-bond acceptors (Lipinski definition) is 5. The van der Waals surface area contributed by atoms with E-state index in [1.54, 1.807) is 35.9 Å². The van der Waals surface area contributed by atoms with Crippen LogP contribution in [0.1, 0.15) is 18.5 Å². The van der Waals surface area contributed by atoms with Gasteiger partial charge < -0.3 is 10.1 Å². The lowest BCUT2D eigenvalue weighted by Gasteiger charge is -2.07. The van der Waals surface area contributed by atoms with Crippen molar-refractivity contribution in [3.63, 3.8) is 0 Å². The molecule has 140 valence electrons.